The van der Waals surface area contributed by atoms with Gasteiger partial charge in [0.2, 0.25) is 10.0 Å². The van der Waals surface area contributed by atoms with Crippen LogP contribution in [0.4, 0.5) is 37.8 Å². The van der Waals surface area contributed by atoms with Gasteiger partial charge >= 0.3 is 12.4 Å². The molecular formula is C25H20F6N6O2S. The molecule has 4 heterocycles. The number of rotatable bonds is 5. The molecule has 40 heavy (non-hydrogen) atoms. The minimum absolute atomic E-state index is 0.00843. The van der Waals surface area contributed by atoms with Crippen LogP contribution in [0.15, 0.2) is 54.7 Å². The summed E-state index contributed by atoms with van der Waals surface area (Å²) in [5, 5.41) is 3.15. The zero-order valence-corrected chi connectivity index (χ0v) is 21.3. The molecule has 15 heteroatoms. The van der Waals surface area contributed by atoms with E-state index in [-0.39, 0.29) is 52.9 Å². The maximum absolute atomic E-state index is 13.6. The number of fused-ring (bicyclic) bond motifs is 1. The van der Waals surface area contributed by atoms with Gasteiger partial charge in [-0.25, -0.2) is 23.4 Å². The fourth-order valence-corrected chi connectivity index (χ4v) is 5.79. The fraction of sp³-hybridized carbons (Fsp3) is 0.280. The SMILES string of the molecule is O=S1(=O)CCCCN1Cc1nc(Nc2ccc(C(F)(F)F)cc2)c2ccc(-c3ncccc3C(F)(F)F)nc2n1. The monoisotopic (exact) mass is 582 g/mol. The largest absolute Gasteiger partial charge is 0.418 e. The van der Waals surface area contributed by atoms with Gasteiger partial charge in [-0.15, -0.1) is 0 Å². The van der Waals surface area contributed by atoms with E-state index < -0.39 is 39.2 Å². The van der Waals surface area contributed by atoms with Gasteiger partial charge in [-0.1, -0.05) is 0 Å². The fourth-order valence-electron chi connectivity index (χ4n) is 4.25. The van der Waals surface area contributed by atoms with Gasteiger partial charge < -0.3 is 5.32 Å². The van der Waals surface area contributed by atoms with E-state index in [2.05, 4.69) is 25.3 Å². The summed E-state index contributed by atoms with van der Waals surface area (Å²) in [7, 11) is -3.57. The van der Waals surface area contributed by atoms with Crippen molar-refractivity contribution in [1.29, 1.82) is 0 Å². The number of nitrogens with one attached hydrogen (secondary N) is 1. The average molecular weight is 583 g/mol. The molecule has 0 bridgehead atoms. The smallest absolute Gasteiger partial charge is 0.340 e. The van der Waals surface area contributed by atoms with Gasteiger partial charge in [-0.2, -0.15) is 30.6 Å². The molecule has 0 atom stereocenters. The van der Waals surface area contributed by atoms with Gasteiger partial charge in [0.15, 0.2) is 5.65 Å². The van der Waals surface area contributed by atoms with E-state index in [0.29, 0.717) is 12.8 Å². The van der Waals surface area contributed by atoms with E-state index in [9.17, 15) is 34.8 Å². The first-order chi connectivity index (χ1) is 18.8. The Kier molecular flexibility index (Phi) is 7.12. The molecule has 0 saturated carbocycles. The van der Waals surface area contributed by atoms with Crippen molar-refractivity contribution >= 4 is 32.6 Å². The lowest BCUT2D eigenvalue weighted by molar-refractivity contribution is -0.138. The van der Waals surface area contributed by atoms with E-state index in [0.717, 1.165) is 24.3 Å². The molecule has 1 fully saturated rings. The Morgan fingerprint density at radius 3 is 2.30 bits per heavy atom. The molecule has 0 unspecified atom stereocenters. The van der Waals surface area contributed by atoms with Gasteiger partial charge in [0, 0.05) is 18.4 Å². The summed E-state index contributed by atoms with van der Waals surface area (Å²) in [6.07, 6.45) is -6.90. The number of aromatic nitrogens is 4. The van der Waals surface area contributed by atoms with Crippen LogP contribution in [0.5, 0.6) is 0 Å². The highest BCUT2D eigenvalue weighted by atomic mass is 32.2. The number of hydrogen-bond acceptors (Lipinski definition) is 7. The summed E-state index contributed by atoms with van der Waals surface area (Å²) in [5.74, 6) is 0.0545. The van der Waals surface area contributed by atoms with Crippen molar-refractivity contribution in [2.75, 3.05) is 17.6 Å². The Morgan fingerprint density at radius 2 is 1.62 bits per heavy atom. The second kappa shape index (κ2) is 10.3. The van der Waals surface area contributed by atoms with Crippen molar-refractivity contribution in [2.24, 2.45) is 0 Å². The summed E-state index contributed by atoms with van der Waals surface area (Å²) in [4.78, 5) is 16.9. The Labute approximate surface area is 224 Å². The molecule has 0 radical (unpaired) electrons. The van der Waals surface area contributed by atoms with Gasteiger partial charge in [0.05, 0.1) is 34.5 Å². The highest BCUT2D eigenvalue weighted by Gasteiger charge is 2.35. The number of benzene rings is 1. The first-order valence-corrected chi connectivity index (χ1v) is 13.5. The normalized spacial score (nSPS) is 16.2. The van der Waals surface area contributed by atoms with Crippen LogP contribution >= 0.6 is 0 Å². The summed E-state index contributed by atoms with van der Waals surface area (Å²) >= 11 is 0. The quantitative estimate of drug-likeness (QED) is 0.297. The number of sulfonamides is 1. The Bertz CT molecular complexity index is 1660. The topological polar surface area (TPSA) is 101 Å². The molecule has 1 aliphatic rings. The molecule has 1 aromatic carbocycles. The lowest BCUT2D eigenvalue weighted by Crippen LogP contribution is -2.37. The highest BCUT2D eigenvalue weighted by Crippen LogP contribution is 2.36. The standard InChI is InChI=1S/C25H20F6N6O2S/c26-24(27,28)15-5-7-16(8-6-15)33-22-17-9-10-19(21-18(25(29,30)31)4-3-11-32-21)34-23(17)36-20(35-22)14-37-12-1-2-13-40(37,38)39/h3-11H,1-2,12-14H2,(H,33,34,35,36). The second-order valence-corrected chi connectivity index (χ2v) is 11.1. The zero-order chi connectivity index (χ0) is 28.7. The van der Waals surface area contributed by atoms with Crippen LogP contribution in [0.1, 0.15) is 29.8 Å². The first-order valence-electron chi connectivity index (χ1n) is 11.9. The molecule has 210 valence electrons. The third-order valence-corrected chi connectivity index (χ3v) is 8.11. The van der Waals surface area contributed by atoms with Crippen molar-refractivity contribution in [2.45, 2.75) is 31.7 Å². The van der Waals surface area contributed by atoms with Gasteiger partial charge in [-0.3, -0.25) is 4.98 Å². The van der Waals surface area contributed by atoms with Crippen LogP contribution in [0.25, 0.3) is 22.4 Å². The second-order valence-electron chi connectivity index (χ2n) is 9.01. The number of hydrogen-bond donors (Lipinski definition) is 1. The molecular weight excluding hydrogens is 562 g/mol. The number of nitrogens with zero attached hydrogens (tertiary/aromatic N) is 5. The van der Waals surface area contributed by atoms with Crippen LogP contribution in [0.2, 0.25) is 0 Å². The Balaban J connectivity index is 1.60. The van der Waals surface area contributed by atoms with Crippen LogP contribution in [0, 0.1) is 0 Å². The molecule has 1 aliphatic heterocycles. The summed E-state index contributed by atoms with van der Waals surface area (Å²) in [6, 6.07) is 8.88. The first kappa shape index (κ1) is 27.7. The van der Waals surface area contributed by atoms with Crippen molar-refractivity contribution in [1.82, 2.24) is 24.2 Å². The number of pyridine rings is 2. The third-order valence-electron chi connectivity index (χ3n) is 6.21. The molecule has 0 aliphatic carbocycles. The van der Waals surface area contributed by atoms with Crippen LogP contribution < -0.4 is 5.32 Å². The summed E-state index contributed by atoms with van der Waals surface area (Å²) in [6.45, 7) is 0.0189. The van der Waals surface area contributed by atoms with E-state index in [4.69, 9.17) is 0 Å². The molecule has 0 spiro atoms. The maximum atomic E-state index is 13.6. The Morgan fingerprint density at radius 1 is 0.875 bits per heavy atom. The zero-order valence-electron chi connectivity index (χ0n) is 20.5. The van der Waals surface area contributed by atoms with Gasteiger partial charge in [0.1, 0.15) is 17.3 Å². The van der Waals surface area contributed by atoms with Crippen molar-refractivity contribution in [3.8, 4) is 11.4 Å². The van der Waals surface area contributed by atoms with Crippen molar-refractivity contribution in [3.05, 3.63) is 71.7 Å². The maximum Gasteiger partial charge on any atom is 0.418 e. The summed E-state index contributed by atoms with van der Waals surface area (Å²) < 4.78 is 106. The molecule has 5 rings (SSSR count). The predicted molar refractivity (Wildman–Crippen MR) is 134 cm³/mol. The number of anilines is 2. The van der Waals surface area contributed by atoms with Gasteiger partial charge in [-0.05, 0) is 61.4 Å². The molecule has 1 saturated heterocycles. The molecule has 8 nitrogen and oxygen atoms in total. The van der Waals surface area contributed by atoms with E-state index in [1.165, 1.54) is 34.8 Å². The predicted octanol–water partition coefficient (Wildman–Crippen LogP) is 5.79. The molecule has 0 amide bonds. The number of alkyl halides is 6. The van der Waals surface area contributed by atoms with Crippen molar-refractivity contribution in [3.63, 3.8) is 0 Å². The van der Waals surface area contributed by atoms with E-state index in [1.54, 1.807) is 0 Å². The van der Waals surface area contributed by atoms with Gasteiger partial charge in [0.25, 0.3) is 0 Å². The molecule has 1 N–H and O–H groups in total. The van der Waals surface area contributed by atoms with Crippen molar-refractivity contribution < 1.29 is 34.8 Å². The van der Waals surface area contributed by atoms with E-state index in [1.807, 2.05) is 0 Å². The number of halogens is 6. The average Bonchev–Trinajstić information content (AvgIpc) is 2.89. The highest BCUT2D eigenvalue weighted by molar-refractivity contribution is 7.89. The summed E-state index contributed by atoms with van der Waals surface area (Å²) in [5.41, 5.74) is -2.23. The third kappa shape index (κ3) is 5.84. The Hall–Kier alpha value is -3.85. The van der Waals surface area contributed by atoms with Crippen LogP contribution in [-0.4, -0.2) is 45.0 Å². The minimum Gasteiger partial charge on any atom is -0.340 e. The van der Waals surface area contributed by atoms with E-state index >= 15 is 0 Å². The minimum atomic E-state index is -4.70. The molecule has 4 aromatic rings. The lowest BCUT2D eigenvalue weighted by Gasteiger charge is -2.25. The lowest BCUT2D eigenvalue weighted by atomic mass is 10.1. The molecule has 3 aromatic heterocycles. The van der Waals surface area contributed by atoms with Crippen LogP contribution in [0.3, 0.4) is 0 Å². The van der Waals surface area contributed by atoms with Crippen LogP contribution in [-0.2, 0) is 28.9 Å².